The summed E-state index contributed by atoms with van der Waals surface area (Å²) >= 11 is 0. The van der Waals surface area contributed by atoms with Crippen molar-refractivity contribution < 1.29 is 9.53 Å². The van der Waals surface area contributed by atoms with Crippen LogP contribution < -0.4 is 0 Å². The lowest BCUT2D eigenvalue weighted by Gasteiger charge is -2.43. The second-order valence-electron chi connectivity index (χ2n) is 7.34. The van der Waals surface area contributed by atoms with Gasteiger partial charge in [-0.1, -0.05) is 13.3 Å². The molecular formula is C16H30N2O2. The van der Waals surface area contributed by atoms with Crippen molar-refractivity contribution in [3.05, 3.63) is 0 Å². The highest BCUT2D eigenvalue weighted by Gasteiger charge is 2.43. The van der Waals surface area contributed by atoms with Crippen molar-refractivity contribution in [2.24, 2.45) is 0 Å². The third-order valence-electron chi connectivity index (χ3n) is 4.52. The molecule has 2 fully saturated rings. The number of fused-ring (bicyclic) bond motifs is 1. The molecule has 0 N–H and O–H groups in total. The number of hydrogen-bond donors (Lipinski definition) is 0. The molecule has 2 rings (SSSR count). The molecule has 1 amide bonds. The molecule has 0 radical (unpaired) electrons. The van der Waals surface area contributed by atoms with Crippen LogP contribution in [0.1, 0.15) is 53.9 Å². The zero-order chi connectivity index (χ0) is 14.9. The molecule has 0 aromatic carbocycles. The Balaban J connectivity index is 1.94. The van der Waals surface area contributed by atoms with Crippen molar-refractivity contribution in [1.29, 1.82) is 0 Å². The maximum Gasteiger partial charge on any atom is 0.237 e. The summed E-state index contributed by atoms with van der Waals surface area (Å²) in [5.41, 5.74) is 0.0657. The fourth-order valence-corrected chi connectivity index (χ4v) is 3.34. The summed E-state index contributed by atoms with van der Waals surface area (Å²) in [6.07, 6.45) is 3.78. The maximum atomic E-state index is 12.3. The van der Waals surface area contributed by atoms with Gasteiger partial charge in [0.05, 0.1) is 18.8 Å². The van der Waals surface area contributed by atoms with Crippen molar-refractivity contribution in [3.8, 4) is 0 Å². The van der Waals surface area contributed by atoms with E-state index >= 15 is 0 Å². The van der Waals surface area contributed by atoms with Gasteiger partial charge in [-0.05, 0) is 40.5 Å². The SMILES string of the molecule is CCCC(C)OC1CC2CN(C(C)(C)C)CC(=O)N2C1. The molecule has 0 spiro atoms. The summed E-state index contributed by atoms with van der Waals surface area (Å²) in [4.78, 5) is 16.7. The van der Waals surface area contributed by atoms with Crippen LogP contribution in [0.25, 0.3) is 0 Å². The lowest BCUT2D eigenvalue weighted by Crippen LogP contribution is -2.58. The van der Waals surface area contributed by atoms with Crippen LogP contribution in [0, 0.1) is 0 Å². The Hall–Kier alpha value is -0.610. The molecule has 0 aromatic heterocycles. The molecule has 2 heterocycles. The summed E-state index contributed by atoms with van der Waals surface area (Å²) in [6, 6.07) is 0.342. The average molecular weight is 282 g/mol. The first-order valence-electron chi connectivity index (χ1n) is 8.01. The maximum absolute atomic E-state index is 12.3. The van der Waals surface area contributed by atoms with Gasteiger partial charge >= 0.3 is 0 Å². The smallest absolute Gasteiger partial charge is 0.237 e. The number of nitrogens with zero attached hydrogens (tertiary/aromatic N) is 2. The van der Waals surface area contributed by atoms with Crippen molar-refractivity contribution >= 4 is 5.91 Å². The summed E-state index contributed by atoms with van der Waals surface area (Å²) in [6.45, 7) is 13.2. The Labute approximate surface area is 123 Å². The molecule has 3 atom stereocenters. The van der Waals surface area contributed by atoms with Crippen LogP contribution in [0.4, 0.5) is 0 Å². The number of piperazine rings is 1. The minimum Gasteiger partial charge on any atom is -0.373 e. The van der Waals surface area contributed by atoms with Crippen LogP contribution in [-0.2, 0) is 9.53 Å². The van der Waals surface area contributed by atoms with Crippen LogP contribution in [-0.4, -0.2) is 59.1 Å². The molecule has 3 unspecified atom stereocenters. The van der Waals surface area contributed by atoms with Crippen molar-refractivity contribution in [2.45, 2.75) is 77.7 Å². The summed E-state index contributed by atoms with van der Waals surface area (Å²) in [5.74, 6) is 0.269. The molecule has 0 aliphatic carbocycles. The summed E-state index contributed by atoms with van der Waals surface area (Å²) in [5, 5.41) is 0. The first-order chi connectivity index (χ1) is 9.31. The molecule has 116 valence electrons. The van der Waals surface area contributed by atoms with E-state index in [1.165, 1.54) is 0 Å². The Morgan fingerprint density at radius 3 is 2.65 bits per heavy atom. The number of ether oxygens (including phenoxy) is 1. The van der Waals surface area contributed by atoms with E-state index in [9.17, 15) is 4.79 Å². The first kappa shape index (κ1) is 15.8. The van der Waals surface area contributed by atoms with Gasteiger partial charge in [0.1, 0.15) is 0 Å². The lowest BCUT2D eigenvalue weighted by atomic mass is 10.0. The molecule has 20 heavy (non-hydrogen) atoms. The highest BCUT2D eigenvalue weighted by Crippen LogP contribution is 2.29. The number of hydrogen-bond acceptors (Lipinski definition) is 3. The highest BCUT2D eigenvalue weighted by molar-refractivity contribution is 5.80. The topological polar surface area (TPSA) is 32.8 Å². The van der Waals surface area contributed by atoms with Gasteiger partial charge in [-0.25, -0.2) is 0 Å². The molecule has 0 aromatic rings. The fraction of sp³-hybridized carbons (Fsp3) is 0.938. The fourth-order valence-electron chi connectivity index (χ4n) is 3.34. The van der Waals surface area contributed by atoms with E-state index < -0.39 is 0 Å². The van der Waals surface area contributed by atoms with Crippen molar-refractivity contribution in [2.75, 3.05) is 19.6 Å². The van der Waals surface area contributed by atoms with E-state index in [1.807, 2.05) is 4.90 Å². The van der Waals surface area contributed by atoms with Gasteiger partial charge in [-0.3, -0.25) is 9.69 Å². The van der Waals surface area contributed by atoms with E-state index in [-0.39, 0.29) is 17.6 Å². The van der Waals surface area contributed by atoms with Gasteiger partial charge in [0.15, 0.2) is 0 Å². The van der Waals surface area contributed by atoms with E-state index in [1.54, 1.807) is 0 Å². The van der Waals surface area contributed by atoms with E-state index in [0.29, 0.717) is 18.7 Å². The Morgan fingerprint density at radius 2 is 2.05 bits per heavy atom. The number of carbonyl (C=O) groups excluding carboxylic acids is 1. The molecule has 4 heteroatoms. The highest BCUT2D eigenvalue weighted by atomic mass is 16.5. The molecule has 2 aliphatic rings. The normalized spacial score (nSPS) is 29.6. The van der Waals surface area contributed by atoms with Gasteiger partial charge in [0.2, 0.25) is 5.91 Å². The standard InChI is InChI=1S/C16H30N2O2/c1-6-7-12(2)20-14-8-13-9-17(16(3,4)5)11-15(19)18(13)10-14/h12-14H,6-11H2,1-5H3. The third-order valence-corrected chi connectivity index (χ3v) is 4.52. The Kier molecular flexibility index (Phi) is 4.75. The number of carbonyl (C=O) groups is 1. The zero-order valence-corrected chi connectivity index (χ0v) is 13.7. The van der Waals surface area contributed by atoms with Crippen molar-refractivity contribution in [3.63, 3.8) is 0 Å². The average Bonchev–Trinajstić information content (AvgIpc) is 2.71. The molecule has 4 nitrogen and oxygen atoms in total. The van der Waals surface area contributed by atoms with Crippen molar-refractivity contribution in [1.82, 2.24) is 9.80 Å². The Bertz CT molecular complexity index is 351. The van der Waals surface area contributed by atoms with Crippen LogP contribution in [0.15, 0.2) is 0 Å². The van der Waals surface area contributed by atoms with E-state index in [0.717, 1.165) is 32.4 Å². The molecular weight excluding hydrogens is 252 g/mol. The molecule has 2 aliphatic heterocycles. The van der Waals surface area contributed by atoms with Gasteiger partial charge in [-0.2, -0.15) is 0 Å². The first-order valence-corrected chi connectivity index (χ1v) is 8.01. The molecule has 0 bridgehead atoms. The van der Waals surface area contributed by atoms with Gasteiger partial charge in [-0.15, -0.1) is 0 Å². The minimum absolute atomic E-state index is 0.0657. The quantitative estimate of drug-likeness (QED) is 0.793. The predicted molar refractivity (Wildman–Crippen MR) is 80.7 cm³/mol. The summed E-state index contributed by atoms with van der Waals surface area (Å²) in [7, 11) is 0. The molecule has 0 saturated carbocycles. The number of amides is 1. The second-order valence-corrected chi connectivity index (χ2v) is 7.34. The predicted octanol–water partition coefficient (Wildman–Crippen LogP) is 2.28. The van der Waals surface area contributed by atoms with Crippen LogP contribution in [0.5, 0.6) is 0 Å². The largest absolute Gasteiger partial charge is 0.373 e. The van der Waals surface area contributed by atoms with Crippen LogP contribution in [0.2, 0.25) is 0 Å². The lowest BCUT2D eigenvalue weighted by molar-refractivity contribution is -0.140. The molecule has 2 saturated heterocycles. The van der Waals surface area contributed by atoms with Gasteiger partial charge < -0.3 is 9.64 Å². The van der Waals surface area contributed by atoms with E-state index in [4.69, 9.17) is 4.74 Å². The third kappa shape index (κ3) is 3.53. The van der Waals surface area contributed by atoms with Crippen LogP contribution in [0.3, 0.4) is 0 Å². The summed E-state index contributed by atoms with van der Waals surface area (Å²) < 4.78 is 6.10. The second kappa shape index (κ2) is 6.02. The monoisotopic (exact) mass is 282 g/mol. The van der Waals surface area contributed by atoms with Gasteiger partial charge in [0, 0.05) is 24.7 Å². The van der Waals surface area contributed by atoms with E-state index in [2.05, 4.69) is 39.5 Å². The van der Waals surface area contributed by atoms with Gasteiger partial charge in [0.25, 0.3) is 0 Å². The minimum atomic E-state index is 0.0657. The van der Waals surface area contributed by atoms with Crippen LogP contribution >= 0.6 is 0 Å². The zero-order valence-electron chi connectivity index (χ0n) is 13.7. The number of rotatable bonds is 4. The Morgan fingerprint density at radius 1 is 1.35 bits per heavy atom.